The summed E-state index contributed by atoms with van der Waals surface area (Å²) < 4.78 is 6.33. The zero-order valence-corrected chi connectivity index (χ0v) is 10.0. The first-order valence-corrected chi connectivity index (χ1v) is 6.62. The molecule has 2 nitrogen and oxygen atoms in total. The Balaban J connectivity index is 1.88. The van der Waals surface area contributed by atoms with Crippen molar-refractivity contribution in [1.82, 2.24) is 0 Å². The van der Waals surface area contributed by atoms with Crippen molar-refractivity contribution < 1.29 is 4.74 Å². The van der Waals surface area contributed by atoms with Crippen LogP contribution in [0.15, 0.2) is 0 Å². The van der Waals surface area contributed by atoms with E-state index >= 15 is 0 Å². The Bertz CT molecular complexity index is 199. The molecule has 2 N–H and O–H groups in total. The van der Waals surface area contributed by atoms with Crippen LogP contribution in [0.4, 0.5) is 0 Å². The van der Waals surface area contributed by atoms with Gasteiger partial charge in [0.2, 0.25) is 0 Å². The van der Waals surface area contributed by atoms with Crippen LogP contribution in [0, 0.1) is 5.92 Å². The Kier molecular flexibility index (Phi) is 3.68. The van der Waals surface area contributed by atoms with Gasteiger partial charge < -0.3 is 10.5 Å². The van der Waals surface area contributed by atoms with Gasteiger partial charge >= 0.3 is 0 Å². The van der Waals surface area contributed by atoms with Crippen molar-refractivity contribution >= 4 is 0 Å². The van der Waals surface area contributed by atoms with Crippen LogP contribution in [0.3, 0.4) is 0 Å². The minimum atomic E-state index is 0.0573. The van der Waals surface area contributed by atoms with Crippen molar-refractivity contribution in [3.05, 3.63) is 0 Å². The predicted octanol–water partition coefficient (Wildman–Crippen LogP) is 2.85. The number of nitrogens with two attached hydrogens (primary N) is 1. The quantitative estimate of drug-likeness (QED) is 0.779. The van der Waals surface area contributed by atoms with Gasteiger partial charge in [-0.1, -0.05) is 32.6 Å². The molecular weight excluding hydrogens is 186 g/mol. The summed E-state index contributed by atoms with van der Waals surface area (Å²) in [6.45, 7) is 3.07. The largest absolute Gasteiger partial charge is 0.370 e. The summed E-state index contributed by atoms with van der Waals surface area (Å²) in [4.78, 5) is 0. The molecule has 0 saturated heterocycles. The van der Waals surface area contributed by atoms with Crippen molar-refractivity contribution in [2.24, 2.45) is 11.7 Å². The smallest absolute Gasteiger partial charge is 0.0807 e. The highest BCUT2D eigenvalue weighted by atomic mass is 16.5. The summed E-state index contributed by atoms with van der Waals surface area (Å²) in [5.41, 5.74) is 5.95. The fourth-order valence-electron chi connectivity index (χ4n) is 3.23. The highest BCUT2D eigenvalue weighted by Gasteiger charge is 2.36. The summed E-state index contributed by atoms with van der Waals surface area (Å²) in [5.74, 6) is 0.847. The maximum absolute atomic E-state index is 6.33. The molecule has 0 aromatic rings. The average molecular weight is 211 g/mol. The fourth-order valence-corrected chi connectivity index (χ4v) is 3.23. The lowest BCUT2D eigenvalue weighted by Crippen LogP contribution is -2.42. The first-order chi connectivity index (χ1) is 7.24. The van der Waals surface area contributed by atoms with Gasteiger partial charge in [0.15, 0.2) is 0 Å². The Morgan fingerprint density at radius 2 is 1.93 bits per heavy atom. The topological polar surface area (TPSA) is 35.2 Å². The molecule has 2 aliphatic rings. The van der Waals surface area contributed by atoms with Crippen LogP contribution < -0.4 is 5.73 Å². The predicted molar refractivity (Wildman–Crippen MR) is 62.8 cm³/mol. The second-order valence-electron chi connectivity index (χ2n) is 5.61. The first-order valence-electron chi connectivity index (χ1n) is 6.62. The van der Waals surface area contributed by atoms with Crippen LogP contribution in [-0.4, -0.2) is 18.2 Å². The molecule has 0 aromatic carbocycles. The van der Waals surface area contributed by atoms with Gasteiger partial charge in [-0.05, 0) is 31.6 Å². The third-order valence-corrected chi connectivity index (χ3v) is 4.19. The summed E-state index contributed by atoms with van der Waals surface area (Å²) in [7, 11) is 0. The molecule has 2 fully saturated rings. The Morgan fingerprint density at radius 3 is 2.53 bits per heavy atom. The highest BCUT2D eigenvalue weighted by molar-refractivity contribution is 4.89. The zero-order chi connectivity index (χ0) is 10.7. The standard InChI is InChI=1S/C13H25NO/c1-11-5-4-6-12(9-11)15-13(10-14)7-2-3-8-13/h11-12H,2-10,14H2,1H3. The minimum Gasteiger partial charge on any atom is -0.370 e. The molecule has 2 heteroatoms. The van der Waals surface area contributed by atoms with E-state index in [-0.39, 0.29) is 5.60 Å². The van der Waals surface area contributed by atoms with Crippen LogP contribution >= 0.6 is 0 Å². The van der Waals surface area contributed by atoms with Crippen LogP contribution in [0.5, 0.6) is 0 Å². The molecule has 2 rings (SSSR count). The highest BCUT2D eigenvalue weighted by Crippen LogP contribution is 2.37. The van der Waals surface area contributed by atoms with Gasteiger partial charge in [0.25, 0.3) is 0 Å². The van der Waals surface area contributed by atoms with E-state index in [2.05, 4.69) is 6.92 Å². The Morgan fingerprint density at radius 1 is 1.20 bits per heavy atom. The van der Waals surface area contributed by atoms with E-state index in [9.17, 15) is 0 Å². The molecule has 15 heavy (non-hydrogen) atoms. The van der Waals surface area contributed by atoms with Crippen molar-refractivity contribution in [2.45, 2.75) is 70.0 Å². The Hall–Kier alpha value is -0.0800. The monoisotopic (exact) mass is 211 g/mol. The van der Waals surface area contributed by atoms with Crippen LogP contribution in [0.1, 0.15) is 58.3 Å². The van der Waals surface area contributed by atoms with Crippen LogP contribution in [0.2, 0.25) is 0 Å². The second-order valence-corrected chi connectivity index (χ2v) is 5.61. The summed E-state index contributed by atoms with van der Waals surface area (Å²) in [5, 5.41) is 0. The molecule has 2 aliphatic carbocycles. The maximum atomic E-state index is 6.33. The molecule has 0 aromatic heterocycles. The molecule has 2 atom stereocenters. The van der Waals surface area contributed by atoms with Gasteiger partial charge in [0.05, 0.1) is 11.7 Å². The van der Waals surface area contributed by atoms with Gasteiger partial charge in [-0.15, -0.1) is 0 Å². The zero-order valence-electron chi connectivity index (χ0n) is 10.0. The van der Waals surface area contributed by atoms with E-state index in [0.717, 1.165) is 12.5 Å². The molecule has 2 unspecified atom stereocenters. The van der Waals surface area contributed by atoms with Crippen molar-refractivity contribution in [3.63, 3.8) is 0 Å². The third kappa shape index (κ3) is 2.73. The van der Waals surface area contributed by atoms with E-state index in [4.69, 9.17) is 10.5 Å². The lowest BCUT2D eigenvalue weighted by molar-refractivity contribution is -0.102. The SMILES string of the molecule is CC1CCCC(OC2(CN)CCCC2)C1. The van der Waals surface area contributed by atoms with Crippen molar-refractivity contribution in [2.75, 3.05) is 6.54 Å². The van der Waals surface area contributed by atoms with E-state index in [1.165, 1.54) is 51.4 Å². The summed E-state index contributed by atoms with van der Waals surface area (Å²) in [6, 6.07) is 0. The molecule has 0 bridgehead atoms. The molecular formula is C13H25NO. The van der Waals surface area contributed by atoms with Crippen molar-refractivity contribution in [1.29, 1.82) is 0 Å². The number of hydrogen-bond acceptors (Lipinski definition) is 2. The Labute approximate surface area is 93.6 Å². The van der Waals surface area contributed by atoms with E-state index < -0.39 is 0 Å². The molecule has 0 amide bonds. The lowest BCUT2D eigenvalue weighted by atomic mass is 9.88. The molecule has 0 spiro atoms. The summed E-state index contributed by atoms with van der Waals surface area (Å²) >= 11 is 0. The van der Waals surface area contributed by atoms with E-state index in [0.29, 0.717) is 6.10 Å². The molecule has 88 valence electrons. The van der Waals surface area contributed by atoms with Gasteiger partial charge in [-0.3, -0.25) is 0 Å². The van der Waals surface area contributed by atoms with Gasteiger partial charge in [0.1, 0.15) is 0 Å². The first kappa shape index (κ1) is 11.4. The minimum absolute atomic E-state index is 0.0573. The number of rotatable bonds is 3. The molecule has 2 saturated carbocycles. The van der Waals surface area contributed by atoms with Gasteiger partial charge in [-0.2, -0.15) is 0 Å². The van der Waals surface area contributed by atoms with Crippen molar-refractivity contribution in [3.8, 4) is 0 Å². The maximum Gasteiger partial charge on any atom is 0.0807 e. The average Bonchev–Trinajstić information content (AvgIpc) is 2.67. The van der Waals surface area contributed by atoms with Crippen LogP contribution in [0.25, 0.3) is 0 Å². The van der Waals surface area contributed by atoms with Gasteiger partial charge in [-0.25, -0.2) is 0 Å². The number of hydrogen-bond donors (Lipinski definition) is 1. The summed E-state index contributed by atoms with van der Waals surface area (Å²) in [6.07, 6.45) is 10.7. The third-order valence-electron chi connectivity index (χ3n) is 4.19. The molecule has 0 radical (unpaired) electrons. The normalized spacial score (nSPS) is 35.6. The van der Waals surface area contributed by atoms with E-state index in [1.807, 2.05) is 0 Å². The fraction of sp³-hybridized carbons (Fsp3) is 1.00. The number of ether oxygens (including phenoxy) is 1. The molecule has 0 aliphatic heterocycles. The molecule has 0 heterocycles. The second kappa shape index (κ2) is 4.84. The lowest BCUT2D eigenvalue weighted by Gasteiger charge is -2.36. The van der Waals surface area contributed by atoms with E-state index in [1.54, 1.807) is 0 Å². The van der Waals surface area contributed by atoms with Gasteiger partial charge in [0, 0.05) is 6.54 Å². The van der Waals surface area contributed by atoms with Crippen LogP contribution in [-0.2, 0) is 4.74 Å².